The van der Waals surface area contributed by atoms with E-state index in [1.165, 1.54) is 261 Å². The van der Waals surface area contributed by atoms with Gasteiger partial charge >= 0.3 is 5.97 Å². The number of carbonyl (C=O) groups is 1. The van der Waals surface area contributed by atoms with Crippen LogP contribution in [0, 0.1) is 76.8 Å². The second-order valence-electron chi connectivity index (χ2n) is 36.1. The molecule has 592 valence electrons. The summed E-state index contributed by atoms with van der Waals surface area (Å²) >= 11 is 0. The van der Waals surface area contributed by atoms with Gasteiger partial charge in [-0.05, 0) is 184 Å². The summed E-state index contributed by atoms with van der Waals surface area (Å²) in [4.78, 5) is 16.5. The van der Waals surface area contributed by atoms with E-state index in [0.717, 1.165) is 18.6 Å². The number of hydrogen-bond acceptors (Lipinski definition) is 4. The van der Waals surface area contributed by atoms with Gasteiger partial charge in [0.05, 0.1) is 19.1 Å². The molecule has 2 aromatic carbocycles. The average molecular weight is 1410 g/mol. The molecule has 0 N–H and O–H groups in total. The van der Waals surface area contributed by atoms with E-state index in [2.05, 4.69) is 229 Å². The smallest absolute Gasteiger partial charge is 0.309 e. The van der Waals surface area contributed by atoms with Crippen molar-refractivity contribution in [2.45, 2.75) is 450 Å². The molecule has 0 saturated heterocycles. The summed E-state index contributed by atoms with van der Waals surface area (Å²) in [6, 6.07) is 14.8. The van der Waals surface area contributed by atoms with E-state index in [9.17, 15) is 0 Å². The van der Waals surface area contributed by atoms with Crippen LogP contribution < -0.4 is 4.74 Å². The summed E-state index contributed by atoms with van der Waals surface area (Å²) < 4.78 is 19.6. The monoisotopic (exact) mass is 1410 g/mol. The van der Waals surface area contributed by atoms with Crippen LogP contribution in [-0.4, -0.2) is 32.4 Å². The number of fused-ring (bicyclic) bond motifs is 1. The Labute approximate surface area is 633 Å². The van der Waals surface area contributed by atoms with Crippen LogP contribution in [-0.2, 0) is 14.3 Å². The van der Waals surface area contributed by atoms with Crippen LogP contribution >= 0.6 is 0 Å². The minimum absolute atomic E-state index is 0.00287. The van der Waals surface area contributed by atoms with Gasteiger partial charge in [-0.25, -0.2) is 0 Å². The lowest BCUT2D eigenvalue weighted by Gasteiger charge is -2.61. The van der Waals surface area contributed by atoms with E-state index in [1.807, 2.05) is 0 Å². The Morgan fingerprint density at radius 2 is 0.574 bits per heavy atom. The van der Waals surface area contributed by atoms with Crippen LogP contribution in [0.4, 0.5) is 0 Å². The minimum Gasteiger partial charge on any atom is -0.491 e. The lowest BCUT2D eigenvalue weighted by atomic mass is 9.44. The first-order chi connectivity index (χ1) is 48.1. The SMILES string of the molecule is CCCC(CC)CC(CC(CC)(CC)CC)(CC(CC)(CC)CC)CC(CC(CC)C(=O)OCCOCCOc1ccc2ccccc2c1)(CC(CC(CC)(CC)CC)(CC(CC)(CC)CC)CC(CC)(CC)CC)CC(CC(CC)(CC)CC)(CC(CC)(CC)CC)CC(CC)(CC)CC. The number of carbonyl (C=O) groups excluding carboxylic acids is 1. The molecule has 0 aliphatic rings. The Kier molecular flexibility index (Phi) is 42.4. The molecule has 2 unspecified atom stereocenters. The van der Waals surface area contributed by atoms with E-state index in [4.69, 9.17) is 14.2 Å². The van der Waals surface area contributed by atoms with Gasteiger partial charge in [0.15, 0.2) is 0 Å². The van der Waals surface area contributed by atoms with E-state index < -0.39 is 0 Å². The summed E-state index contributed by atoms with van der Waals surface area (Å²) in [6.07, 6.45) is 50.0. The molecule has 2 aromatic rings. The topological polar surface area (TPSA) is 44.8 Å². The molecule has 0 amide bonds. The van der Waals surface area contributed by atoms with Gasteiger partial charge in [-0.15, -0.1) is 0 Å². The van der Waals surface area contributed by atoms with Crippen molar-refractivity contribution < 1.29 is 19.0 Å². The van der Waals surface area contributed by atoms with Gasteiger partial charge in [-0.2, -0.15) is 0 Å². The Balaban J connectivity index is 3.93. The Hall–Kier alpha value is -2.07. The molecule has 4 nitrogen and oxygen atoms in total. The van der Waals surface area contributed by atoms with Crippen molar-refractivity contribution in [3.8, 4) is 5.75 Å². The fraction of sp³-hybridized carbons (Fsp3) is 0.887. The van der Waals surface area contributed by atoms with Crippen LogP contribution in [0.5, 0.6) is 5.75 Å². The van der Waals surface area contributed by atoms with Crippen molar-refractivity contribution in [2.75, 3.05) is 26.4 Å². The molecule has 2 rings (SSSR count). The van der Waals surface area contributed by atoms with Crippen molar-refractivity contribution >= 4 is 16.7 Å². The van der Waals surface area contributed by atoms with Gasteiger partial charge in [0.1, 0.15) is 19.0 Å². The first kappa shape index (κ1) is 95.0. The van der Waals surface area contributed by atoms with Gasteiger partial charge in [0.2, 0.25) is 0 Å². The van der Waals surface area contributed by atoms with E-state index in [1.54, 1.807) is 0 Å². The highest BCUT2D eigenvalue weighted by Gasteiger charge is 2.59. The highest BCUT2D eigenvalue weighted by Crippen LogP contribution is 2.70. The molecule has 101 heavy (non-hydrogen) atoms. The summed E-state index contributed by atoms with van der Waals surface area (Å²) in [5.74, 6) is 1.28. The number of hydrogen-bond donors (Lipinski definition) is 0. The van der Waals surface area contributed by atoms with Crippen LogP contribution in [0.15, 0.2) is 42.5 Å². The lowest BCUT2D eigenvalue weighted by Crippen LogP contribution is -2.51. The number of benzene rings is 2. The van der Waals surface area contributed by atoms with Crippen molar-refractivity contribution in [2.24, 2.45) is 76.8 Å². The number of rotatable bonds is 62. The maximum absolute atomic E-state index is 16.5. The third-order valence-corrected chi connectivity index (χ3v) is 32.4. The van der Waals surface area contributed by atoms with Crippen molar-refractivity contribution in [3.63, 3.8) is 0 Å². The highest BCUT2D eigenvalue weighted by atomic mass is 16.6. The minimum atomic E-state index is -0.247. The molecule has 0 aromatic heterocycles. The fourth-order valence-corrected chi connectivity index (χ4v) is 23.6. The molecule has 0 spiro atoms. The fourth-order valence-electron chi connectivity index (χ4n) is 23.6. The predicted octanol–water partition coefficient (Wildman–Crippen LogP) is 32.4. The van der Waals surface area contributed by atoms with Gasteiger partial charge in [-0.1, -0.05) is 391 Å². The Bertz CT molecular complexity index is 2190. The van der Waals surface area contributed by atoms with Crippen LogP contribution in [0.2, 0.25) is 0 Å². The van der Waals surface area contributed by atoms with Crippen LogP contribution in [0.25, 0.3) is 10.8 Å². The van der Waals surface area contributed by atoms with E-state index >= 15 is 4.79 Å². The molecule has 4 heteroatoms. The van der Waals surface area contributed by atoms with Crippen LogP contribution in [0.3, 0.4) is 0 Å². The van der Waals surface area contributed by atoms with Crippen molar-refractivity contribution in [1.82, 2.24) is 0 Å². The first-order valence-corrected chi connectivity index (χ1v) is 45.0. The van der Waals surface area contributed by atoms with Crippen LogP contribution in [0.1, 0.15) is 450 Å². The molecule has 0 aliphatic carbocycles. The summed E-state index contributed by atoms with van der Waals surface area (Å²) in [5.41, 5.74) is 1.45. The molecule has 0 saturated carbocycles. The van der Waals surface area contributed by atoms with E-state index in [0.29, 0.717) is 25.7 Å². The molecule has 2 atom stereocenters. The maximum Gasteiger partial charge on any atom is 0.309 e. The largest absolute Gasteiger partial charge is 0.491 e. The maximum atomic E-state index is 16.5. The van der Waals surface area contributed by atoms with Crippen molar-refractivity contribution in [3.05, 3.63) is 42.5 Å². The zero-order valence-electron chi connectivity index (χ0n) is 73.6. The second kappa shape index (κ2) is 45.0. The quantitative estimate of drug-likeness (QED) is 0.0489. The Morgan fingerprint density at radius 3 is 0.871 bits per heavy atom. The molecule has 0 radical (unpaired) electrons. The number of ether oxygens (including phenoxy) is 3. The molecule has 0 heterocycles. The van der Waals surface area contributed by atoms with Gasteiger partial charge in [0, 0.05) is 0 Å². The zero-order valence-corrected chi connectivity index (χ0v) is 73.6. The molecular weight excluding hydrogens is 1230 g/mol. The average Bonchev–Trinajstić information content (AvgIpc) is 0.732. The third kappa shape index (κ3) is 25.8. The summed E-state index contributed by atoms with van der Waals surface area (Å²) in [7, 11) is 0. The summed E-state index contributed by atoms with van der Waals surface area (Å²) in [6.45, 7) is 71.4. The van der Waals surface area contributed by atoms with Gasteiger partial charge < -0.3 is 14.2 Å². The molecule has 0 bridgehead atoms. The van der Waals surface area contributed by atoms with Crippen molar-refractivity contribution in [1.29, 1.82) is 0 Å². The second-order valence-corrected chi connectivity index (χ2v) is 36.1. The lowest BCUT2D eigenvalue weighted by molar-refractivity contribution is -0.155. The number of esters is 1. The molecule has 0 aliphatic heterocycles. The molecular formula is C97H180O4. The normalized spacial score (nSPS) is 14.5. The molecule has 0 fully saturated rings. The predicted molar refractivity (Wildman–Crippen MR) is 450 cm³/mol. The summed E-state index contributed by atoms with van der Waals surface area (Å²) in [5, 5.41) is 2.39. The van der Waals surface area contributed by atoms with Gasteiger partial charge in [0.25, 0.3) is 0 Å². The first-order valence-electron chi connectivity index (χ1n) is 45.0. The zero-order chi connectivity index (χ0) is 76.4. The third-order valence-electron chi connectivity index (χ3n) is 32.4. The standard InChI is InChI=1S/C97H180O4/c1-28-57-80(29-2)67-94(69-86(31-4,32-5)33-6,70-87(34-7,35-8)36-9)77-95(68-81(30-3)85(98)101-65-63-99-62-64-100-84-61-60-82-58-55-56-59-83(82)66-84,78-96(71-88(37-10,38-11)39-12,72-89(40-13,41-14)42-15)73-90(43-16,44-17)45-18)79-97(74-91(46-19,47-20)48-21,75-92(49-22,50-23)51-24)76-93(52-25,53-26)54-27/h55-56,58-61,66,80-81H,28-54,57,62-65,67-79H2,1-27H3. The van der Waals surface area contributed by atoms with Gasteiger partial charge in [-0.3, -0.25) is 4.79 Å². The Morgan fingerprint density at radius 1 is 0.297 bits per heavy atom. The van der Waals surface area contributed by atoms with E-state index in [-0.39, 0.29) is 83.5 Å². The highest BCUT2D eigenvalue weighted by molar-refractivity contribution is 5.83.